The molecule has 38 heavy (non-hydrogen) atoms. The third-order valence-electron chi connectivity index (χ3n) is 5.24. The van der Waals surface area contributed by atoms with Crippen molar-refractivity contribution in [2.45, 2.75) is 25.3 Å². The van der Waals surface area contributed by atoms with E-state index in [0.29, 0.717) is 18.0 Å². The van der Waals surface area contributed by atoms with E-state index in [2.05, 4.69) is 20.3 Å². The average Bonchev–Trinajstić information content (AvgIpc) is 3.30. The number of nitrogens with zero attached hydrogens (tertiary/aromatic N) is 4. The molecular weight excluding hydrogens is 560 g/mol. The van der Waals surface area contributed by atoms with Gasteiger partial charge in [0.2, 0.25) is 12.5 Å². The van der Waals surface area contributed by atoms with Gasteiger partial charge in [0.25, 0.3) is 11.8 Å². The Balaban J connectivity index is 1.75. The summed E-state index contributed by atoms with van der Waals surface area (Å²) < 4.78 is 0. The van der Waals surface area contributed by atoms with E-state index in [1.165, 1.54) is 28.6 Å². The summed E-state index contributed by atoms with van der Waals surface area (Å²) in [7, 11) is 0. The molecule has 14 nitrogen and oxygen atoms in total. The number of nitrogens with one attached hydrogen (secondary N) is 1. The molecular formula is C21H24N6O8S3. The molecule has 3 amide bonds. The molecule has 3 rings (SSSR count). The molecule has 1 aromatic rings. The number of hydrogen-bond donors (Lipinski definition) is 4. The van der Waals surface area contributed by atoms with Crippen LogP contribution in [0.2, 0.25) is 0 Å². The maximum atomic E-state index is 12.9. The maximum absolute atomic E-state index is 12.9. The Morgan fingerprint density at radius 2 is 2.05 bits per heavy atom. The second-order valence-corrected chi connectivity index (χ2v) is 10.5. The van der Waals surface area contributed by atoms with Crippen LogP contribution in [0.3, 0.4) is 0 Å². The first-order valence-electron chi connectivity index (χ1n) is 11.1. The van der Waals surface area contributed by atoms with E-state index in [1.807, 2.05) is 13.8 Å². The number of carbonyl (C=O) groups excluding carboxylic acids is 3. The van der Waals surface area contributed by atoms with Gasteiger partial charge < -0.3 is 31.0 Å². The van der Waals surface area contributed by atoms with Crippen LogP contribution in [0, 0.1) is 0 Å². The Labute approximate surface area is 228 Å². The van der Waals surface area contributed by atoms with Gasteiger partial charge in [-0.15, -0.1) is 23.1 Å². The summed E-state index contributed by atoms with van der Waals surface area (Å²) in [6, 6.07) is -1.08. The fourth-order valence-electron chi connectivity index (χ4n) is 3.46. The van der Waals surface area contributed by atoms with Gasteiger partial charge in [-0.1, -0.05) is 16.9 Å². The van der Waals surface area contributed by atoms with E-state index in [9.17, 15) is 29.1 Å². The van der Waals surface area contributed by atoms with Crippen molar-refractivity contribution in [2.24, 2.45) is 5.16 Å². The summed E-state index contributed by atoms with van der Waals surface area (Å²) in [4.78, 5) is 72.5. The quantitative estimate of drug-likeness (QED) is 0.114. The number of anilines is 1. The number of thioether (sulfide) groups is 2. The van der Waals surface area contributed by atoms with Crippen molar-refractivity contribution in [1.82, 2.24) is 20.1 Å². The van der Waals surface area contributed by atoms with Gasteiger partial charge in [0.1, 0.15) is 22.8 Å². The first-order chi connectivity index (χ1) is 18.1. The summed E-state index contributed by atoms with van der Waals surface area (Å²) in [6.07, 6.45) is 1.35. The van der Waals surface area contributed by atoms with Crippen LogP contribution < -0.4 is 11.1 Å². The number of hydrogen-bond acceptors (Lipinski definition) is 12. The molecule has 0 unspecified atom stereocenters. The van der Waals surface area contributed by atoms with Crippen molar-refractivity contribution in [3.63, 3.8) is 0 Å². The van der Waals surface area contributed by atoms with E-state index in [4.69, 9.17) is 10.8 Å². The second-order valence-electron chi connectivity index (χ2n) is 7.55. The predicted octanol–water partition coefficient (Wildman–Crippen LogP) is 0.342. The highest BCUT2D eigenvalue weighted by Gasteiger charge is 2.54. The van der Waals surface area contributed by atoms with E-state index in [1.54, 1.807) is 4.90 Å². The highest BCUT2D eigenvalue weighted by Crippen LogP contribution is 2.43. The van der Waals surface area contributed by atoms with Gasteiger partial charge in [-0.05, 0) is 19.3 Å². The van der Waals surface area contributed by atoms with Gasteiger partial charge in [-0.2, -0.15) is 0 Å². The summed E-state index contributed by atoms with van der Waals surface area (Å²) >= 11 is 3.29. The van der Waals surface area contributed by atoms with Crippen molar-refractivity contribution >= 4 is 75.4 Å². The SMILES string of the molecule is CCN(CC)C(=O)/C=C\SC1=C(C(=O)O)N2C(=O)[C@@H](NC(=O)/C(=N\OCC(=O)O)c3csc(N)n3)[C@@H]2SC1. The molecule has 204 valence electrons. The average molecular weight is 585 g/mol. The smallest absolute Gasteiger partial charge is 0.353 e. The molecule has 0 aromatic carbocycles. The third kappa shape index (κ3) is 6.46. The van der Waals surface area contributed by atoms with Gasteiger partial charge in [-0.3, -0.25) is 19.3 Å². The molecule has 1 fully saturated rings. The zero-order valence-corrected chi connectivity index (χ0v) is 22.6. The van der Waals surface area contributed by atoms with E-state index in [-0.39, 0.29) is 33.9 Å². The molecule has 0 aliphatic carbocycles. The number of oxime groups is 1. The van der Waals surface area contributed by atoms with Crippen molar-refractivity contribution in [3.05, 3.63) is 33.2 Å². The van der Waals surface area contributed by atoms with Crippen LogP contribution in [0.4, 0.5) is 5.13 Å². The van der Waals surface area contributed by atoms with Crippen LogP contribution in [0.25, 0.3) is 0 Å². The Morgan fingerprint density at radius 3 is 2.63 bits per heavy atom. The topological polar surface area (TPSA) is 205 Å². The van der Waals surface area contributed by atoms with Gasteiger partial charge in [0.05, 0.1) is 0 Å². The Morgan fingerprint density at radius 1 is 1.34 bits per heavy atom. The number of β-lactam (4-membered cyclic amide) rings is 1. The number of rotatable bonds is 12. The fraction of sp³-hybridized carbons (Fsp3) is 0.381. The molecule has 2 atom stereocenters. The molecule has 1 saturated heterocycles. The summed E-state index contributed by atoms with van der Waals surface area (Å²) in [6.45, 7) is 3.95. The predicted molar refractivity (Wildman–Crippen MR) is 141 cm³/mol. The van der Waals surface area contributed by atoms with Crippen LogP contribution in [0.5, 0.6) is 0 Å². The Hall–Kier alpha value is -3.57. The molecule has 3 heterocycles. The number of fused-ring (bicyclic) bond motifs is 1. The summed E-state index contributed by atoms with van der Waals surface area (Å²) in [5.41, 5.74) is 5.02. The van der Waals surface area contributed by atoms with Gasteiger partial charge in [-0.25, -0.2) is 14.6 Å². The summed E-state index contributed by atoms with van der Waals surface area (Å²) in [5, 5.41) is 26.9. The lowest BCUT2D eigenvalue weighted by Gasteiger charge is -2.49. The first-order valence-corrected chi connectivity index (χ1v) is 13.9. The number of carbonyl (C=O) groups is 5. The van der Waals surface area contributed by atoms with Gasteiger partial charge in [0, 0.05) is 35.2 Å². The van der Waals surface area contributed by atoms with Gasteiger partial charge >= 0.3 is 11.9 Å². The zero-order chi connectivity index (χ0) is 28.0. The molecule has 5 N–H and O–H groups in total. The molecule has 0 saturated carbocycles. The normalized spacial score (nSPS) is 19.2. The van der Waals surface area contributed by atoms with Crippen LogP contribution in [0.1, 0.15) is 19.5 Å². The molecule has 0 bridgehead atoms. The van der Waals surface area contributed by atoms with E-state index >= 15 is 0 Å². The van der Waals surface area contributed by atoms with Crippen molar-refractivity contribution in [2.75, 3.05) is 31.2 Å². The van der Waals surface area contributed by atoms with E-state index in [0.717, 1.165) is 28.0 Å². The molecule has 0 spiro atoms. The second kappa shape index (κ2) is 12.8. The number of nitrogens with two attached hydrogens (primary N) is 1. The van der Waals surface area contributed by atoms with Crippen LogP contribution >= 0.6 is 34.9 Å². The molecule has 0 radical (unpaired) electrons. The summed E-state index contributed by atoms with van der Waals surface area (Å²) in [5.74, 6) is -4.15. The number of likely N-dealkylation sites (N-methyl/N-ethyl adjacent to an activating group) is 1. The molecule has 2 aliphatic rings. The number of thiazole rings is 1. The van der Waals surface area contributed by atoms with Crippen LogP contribution in [-0.4, -0.2) is 97.2 Å². The number of aliphatic carboxylic acids is 2. The van der Waals surface area contributed by atoms with E-state index < -0.39 is 41.8 Å². The fourth-order valence-corrected chi connectivity index (χ4v) is 6.32. The monoisotopic (exact) mass is 584 g/mol. The number of aromatic nitrogens is 1. The van der Waals surface area contributed by atoms with Crippen LogP contribution in [0.15, 0.2) is 32.6 Å². The highest BCUT2D eigenvalue weighted by atomic mass is 32.2. The number of nitrogen functional groups attached to an aromatic ring is 1. The maximum Gasteiger partial charge on any atom is 0.353 e. The number of amides is 3. The van der Waals surface area contributed by atoms with Crippen molar-refractivity contribution in [1.29, 1.82) is 0 Å². The van der Waals surface area contributed by atoms with Crippen molar-refractivity contribution < 1.29 is 39.0 Å². The largest absolute Gasteiger partial charge is 0.479 e. The van der Waals surface area contributed by atoms with Crippen LogP contribution in [-0.2, 0) is 28.8 Å². The molecule has 1 aromatic heterocycles. The minimum atomic E-state index is -1.32. The minimum absolute atomic E-state index is 0.0196. The lowest BCUT2D eigenvalue weighted by molar-refractivity contribution is -0.150. The lowest BCUT2D eigenvalue weighted by Crippen LogP contribution is -2.71. The molecule has 17 heteroatoms. The minimum Gasteiger partial charge on any atom is -0.479 e. The van der Waals surface area contributed by atoms with Crippen molar-refractivity contribution in [3.8, 4) is 0 Å². The highest BCUT2D eigenvalue weighted by molar-refractivity contribution is 8.08. The van der Waals surface area contributed by atoms with Gasteiger partial charge in [0.15, 0.2) is 10.8 Å². The Bertz CT molecular complexity index is 1230. The number of carboxylic acid groups (broad SMARTS) is 2. The molecule has 2 aliphatic heterocycles. The lowest BCUT2D eigenvalue weighted by atomic mass is 10.0. The zero-order valence-electron chi connectivity index (χ0n) is 20.2. The first kappa shape index (κ1) is 29.0. The Kier molecular flexibility index (Phi) is 9.76. The number of carboxylic acids is 2. The standard InChI is InChI=1S/C21H24N6O8S3/c1-3-26(4-2)12(28)5-6-36-11-9-37-19-15(18(32)27(19)16(11)20(33)34)24-17(31)14(25-35-7-13(29)30)10-8-38-21(22)23-10/h5-6,8,15,19H,3-4,7,9H2,1-2H3,(H2,22,23)(H,24,31)(H,29,30)(H,33,34)/b6-5-,25-14-/t15-,19+/m1/s1. The third-order valence-corrected chi connectivity index (χ3v) is 8.27.